The highest BCUT2D eigenvalue weighted by molar-refractivity contribution is 6.19. The summed E-state index contributed by atoms with van der Waals surface area (Å²) in [7, 11) is 2.26. The molecule has 340 valence electrons. The normalized spacial score (nSPS) is 15.7. The van der Waals surface area contributed by atoms with E-state index in [2.05, 4.69) is 16.1 Å². The molecule has 4 atom stereocenters. The van der Waals surface area contributed by atoms with Crippen LogP contribution >= 0.6 is 0 Å². The van der Waals surface area contributed by atoms with Gasteiger partial charge >= 0.3 is 47.0 Å². The third kappa shape index (κ3) is 14.9. The number of ether oxygens (including phenoxy) is 4. The van der Waals surface area contributed by atoms with E-state index in [4.69, 9.17) is 9.47 Å². The smallest absolute Gasteiger partial charge is 0.336 e. The maximum absolute atomic E-state index is 13.0. The molecule has 0 bridgehead atoms. The lowest BCUT2D eigenvalue weighted by Crippen LogP contribution is -2.66. The monoisotopic (exact) mass is 869 g/mol. The number of rotatable bonds is 22. The van der Waals surface area contributed by atoms with E-state index in [0.29, 0.717) is 15.6 Å². The van der Waals surface area contributed by atoms with Crippen LogP contribution in [0.3, 0.4) is 0 Å². The molecule has 1 aliphatic heterocycles. The molecule has 2 rings (SSSR count). The number of hydrogen-bond donors (Lipinski definition) is 4. The molecule has 23 nitrogen and oxygen atoms in total. The minimum atomic E-state index is -1.49. The number of carbonyl (C=O) groups excluding carboxylic acids is 7. The van der Waals surface area contributed by atoms with Gasteiger partial charge in [0.15, 0.2) is 0 Å². The maximum Gasteiger partial charge on any atom is 0.336 e. The first-order valence-electron chi connectivity index (χ1n) is 19.0. The summed E-state index contributed by atoms with van der Waals surface area (Å²) in [5.41, 5.74) is -4.40. The molecular weight excluding hydrogens is 814 g/mol. The zero-order valence-corrected chi connectivity index (χ0v) is 34.9. The van der Waals surface area contributed by atoms with Gasteiger partial charge in [-0.2, -0.15) is 0 Å². The van der Waals surface area contributed by atoms with Crippen molar-refractivity contribution in [3.05, 3.63) is 68.4 Å². The zero-order valence-electron chi connectivity index (χ0n) is 34.9. The van der Waals surface area contributed by atoms with Gasteiger partial charge in [0, 0.05) is 24.3 Å². The molecule has 1 fully saturated rings. The first-order valence-corrected chi connectivity index (χ1v) is 19.0. The first-order chi connectivity index (χ1) is 28.7. The second kappa shape index (κ2) is 25.6. The summed E-state index contributed by atoms with van der Waals surface area (Å²) in [6, 6.07) is -0.948. The summed E-state index contributed by atoms with van der Waals surface area (Å²) in [5, 5.41) is 40.1. The summed E-state index contributed by atoms with van der Waals surface area (Å²) in [6.07, 6.45) is 0.519. The summed E-state index contributed by atoms with van der Waals surface area (Å²) < 4.78 is 20.2. The van der Waals surface area contributed by atoms with Crippen LogP contribution in [0.2, 0.25) is 0 Å². The number of aliphatic hydroxyl groups is 4. The fourth-order valence-electron chi connectivity index (χ4n) is 5.45. The Labute approximate surface area is 349 Å². The van der Waals surface area contributed by atoms with Gasteiger partial charge in [0.1, 0.15) is 30.8 Å². The summed E-state index contributed by atoms with van der Waals surface area (Å²) in [4.78, 5) is 123. The highest BCUT2D eigenvalue weighted by Crippen LogP contribution is 2.36. The molecule has 61 heavy (non-hydrogen) atoms. The number of urea groups is 1. The standard InChI is InChI=1S/C20H30N2O9.C18H25N3O9/c1-5-13(23)10-21-17(27)20(6-2,7-3)18(28)22(19(21)29)11-14(24)12-31-16(26)9-8-15(25)30-4;1-4-8-19-16(26)20(9-12(22)5-2)18(28)21(17(19)27)10-13(23)11-30-15(25)7-6-14(24)29-3/h8-9,13-14,23-24H,5-7,10-12H2,1-4H3;4,6-7,12-13,22-23H,1,5,8-11H2,2-3H3/b9-8-;7-6-. The average molecular weight is 870 g/mol. The summed E-state index contributed by atoms with van der Waals surface area (Å²) in [6.45, 7) is 7.04. The third-order valence-electron chi connectivity index (χ3n) is 9.14. The molecule has 1 saturated heterocycles. The minimum absolute atomic E-state index is 0.132. The number of amides is 4. The Morgan fingerprint density at radius 1 is 0.574 bits per heavy atom. The van der Waals surface area contributed by atoms with Crippen LogP contribution in [0.5, 0.6) is 0 Å². The lowest BCUT2D eigenvalue weighted by Gasteiger charge is -2.44. The van der Waals surface area contributed by atoms with Gasteiger partial charge in [0.25, 0.3) is 0 Å². The molecule has 4 amide bonds. The van der Waals surface area contributed by atoms with Gasteiger partial charge in [-0.15, -0.1) is 6.58 Å². The summed E-state index contributed by atoms with van der Waals surface area (Å²) >= 11 is 0. The van der Waals surface area contributed by atoms with Crippen LogP contribution in [-0.2, 0) is 67.3 Å². The van der Waals surface area contributed by atoms with Gasteiger partial charge in [0.05, 0.1) is 59.2 Å². The zero-order chi connectivity index (χ0) is 46.6. The minimum Gasteiger partial charge on any atom is -0.466 e. The van der Waals surface area contributed by atoms with Crippen LogP contribution < -0.4 is 17.1 Å². The van der Waals surface area contributed by atoms with E-state index < -0.39 is 115 Å². The number of allylic oxidation sites excluding steroid dienone is 1. The van der Waals surface area contributed by atoms with Crippen LogP contribution in [-0.4, -0.2) is 151 Å². The van der Waals surface area contributed by atoms with Gasteiger partial charge in [-0.1, -0.05) is 33.8 Å². The molecule has 0 aromatic carbocycles. The Morgan fingerprint density at radius 2 is 0.918 bits per heavy atom. The number of esters is 4. The number of aromatic nitrogens is 3. The highest BCUT2D eigenvalue weighted by atomic mass is 16.5. The lowest BCUT2D eigenvalue weighted by atomic mass is 9.77. The topological polar surface area (TPSA) is 310 Å². The van der Waals surface area contributed by atoms with Crippen molar-refractivity contribution in [2.45, 2.75) is 97.4 Å². The lowest BCUT2D eigenvalue weighted by molar-refractivity contribution is -0.161. The maximum atomic E-state index is 13.0. The predicted octanol–water partition coefficient (Wildman–Crippen LogP) is -2.25. The average Bonchev–Trinajstić information content (AvgIpc) is 3.25. The molecule has 1 aromatic heterocycles. The molecule has 0 radical (unpaired) electrons. The van der Waals surface area contributed by atoms with Crippen molar-refractivity contribution in [2.24, 2.45) is 5.41 Å². The van der Waals surface area contributed by atoms with Gasteiger partial charge in [-0.3, -0.25) is 19.4 Å². The molecule has 1 aliphatic rings. The van der Waals surface area contributed by atoms with E-state index in [1.807, 2.05) is 0 Å². The molecule has 0 spiro atoms. The van der Waals surface area contributed by atoms with Gasteiger partial charge in [0.2, 0.25) is 11.8 Å². The van der Waals surface area contributed by atoms with E-state index in [1.54, 1.807) is 27.7 Å². The number of aliphatic hydroxyl groups excluding tert-OH is 4. The van der Waals surface area contributed by atoms with Crippen LogP contribution in [0.4, 0.5) is 4.79 Å². The molecule has 4 unspecified atom stereocenters. The first kappa shape index (κ1) is 53.0. The van der Waals surface area contributed by atoms with Crippen molar-refractivity contribution in [3.63, 3.8) is 0 Å². The van der Waals surface area contributed by atoms with E-state index in [9.17, 15) is 68.4 Å². The van der Waals surface area contributed by atoms with Gasteiger partial charge in [-0.25, -0.2) is 52.1 Å². The van der Waals surface area contributed by atoms with E-state index >= 15 is 0 Å². The van der Waals surface area contributed by atoms with Crippen molar-refractivity contribution < 1.29 is 72.9 Å². The van der Waals surface area contributed by atoms with Crippen molar-refractivity contribution >= 4 is 41.7 Å². The Bertz CT molecular complexity index is 1980. The fourth-order valence-corrected chi connectivity index (χ4v) is 5.45. The van der Waals surface area contributed by atoms with Gasteiger partial charge in [-0.05, 0) is 25.7 Å². The number of methoxy groups -OCH3 is 2. The second-order valence-corrected chi connectivity index (χ2v) is 13.3. The van der Waals surface area contributed by atoms with Crippen LogP contribution in [0, 0.1) is 5.41 Å². The van der Waals surface area contributed by atoms with E-state index in [0.717, 1.165) is 52.9 Å². The Hall–Kier alpha value is -6.04. The second-order valence-electron chi connectivity index (χ2n) is 13.3. The Balaban J connectivity index is 0.000000610. The SMILES string of the molecule is C=CCn1c(=O)n(CC(O)CC)c(=O)n(CC(O)COC(=O)/C=C\C(=O)OC)c1=O.CCC(O)CN1C(=O)N(CC(O)COC(=O)/C=C\C(=O)OC)C(=O)C(CC)(CC)C1=O. The number of barbiturate groups is 1. The highest BCUT2D eigenvalue weighted by Gasteiger charge is 2.55. The number of imide groups is 2. The fraction of sp³-hybridized carbons (Fsp3) is 0.579. The third-order valence-corrected chi connectivity index (χ3v) is 9.14. The number of hydrogen-bond acceptors (Lipinski definition) is 18. The van der Waals surface area contributed by atoms with Crippen LogP contribution in [0.15, 0.2) is 51.3 Å². The predicted molar refractivity (Wildman–Crippen MR) is 210 cm³/mol. The number of carbonyl (C=O) groups is 7. The van der Waals surface area contributed by atoms with Crippen LogP contribution in [0.25, 0.3) is 0 Å². The molecule has 0 saturated carbocycles. The largest absolute Gasteiger partial charge is 0.466 e. The van der Waals surface area contributed by atoms with Gasteiger partial charge < -0.3 is 39.4 Å². The van der Waals surface area contributed by atoms with Crippen molar-refractivity contribution in [2.75, 3.05) is 40.5 Å². The quantitative estimate of drug-likeness (QED) is 0.0314. The van der Waals surface area contributed by atoms with E-state index in [-0.39, 0.29) is 38.9 Å². The molecule has 0 aliphatic carbocycles. The van der Waals surface area contributed by atoms with Crippen molar-refractivity contribution in [1.29, 1.82) is 0 Å². The molecule has 4 N–H and O–H groups in total. The van der Waals surface area contributed by atoms with Crippen LogP contribution in [0.1, 0.15) is 53.4 Å². The Kier molecular flexibility index (Phi) is 22.2. The molecular formula is C38H55N5O18. The number of β-amino-alcohol motifs (C(OH)–C–C–N with tert-alkyl or cyclic N) is 2. The molecule has 23 heteroatoms. The number of nitrogens with zero attached hydrogens (tertiary/aromatic N) is 5. The molecule has 1 aromatic rings. The molecule has 2 heterocycles. The van der Waals surface area contributed by atoms with Crippen molar-refractivity contribution in [1.82, 2.24) is 23.5 Å². The van der Waals surface area contributed by atoms with Crippen molar-refractivity contribution in [3.8, 4) is 0 Å². The summed E-state index contributed by atoms with van der Waals surface area (Å²) in [5.74, 6) is -4.85. The Morgan fingerprint density at radius 3 is 1.30 bits per heavy atom. The van der Waals surface area contributed by atoms with E-state index in [1.165, 1.54) is 6.08 Å².